The Hall–Kier alpha value is -0.820. The first-order valence-corrected chi connectivity index (χ1v) is 3.26. The quantitative estimate of drug-likeness (QED) is 0.426. The van der Waals surface area contributed by atoms with Crippen LogP contribution in [-0.2, 0) is 10.2 Å². The summed E-state index contributed by atoms with van der Waals surface area (Å²) in [5.74, 6) is 0. The van der Waals surface area contributed by atoms with Crippen molar-refractivity contribution in [3.05, 3.63) is 0 Å². The summed E-state index contributed by atoms with van der Waals surface area (Å²) in [6.45, 7) is 0. The minimum atomic E-state index is -3.19. The van der Waals surface area contributed by atoms with Crippen molar-refractivity contribution in [2.24, 2.45) is 5.10 Å². The van der Waals surface area contributed by atoms with E-state index in [0.29, 0.717) is 0 Å². The highest BCUT2D eigenvalue weighted by molar-refractivity contribution is 7.88. The molecule has 0 radical (unpaired) electrons. The smallest absolute Gasteiger partial charge is 0.178 e. The molecule has 3 aliphatic rings. The van der Waals surface area contributed by atoms with Crippen LogP contribution in [0.5, 0.6) is 0 Å². The molecule has 1 N–H and O–H groups in total. The molecule has 0 spiro atoms. The van der Waals surface area contributed by atoms with E-state index >= 15 is 0 Å². The molecule has 1 saturated heterocycles. The molecule has 0 saturated carbocycles. The van der Waals surface area contributed by atoms with Crippen LogP contribution < -0.4 is 5.53 Å². The van der Waals surface area contributed by atoms with E-state index in [0.717, 1.165) is 8.94 Å². The van der Waals surface area contributed by atoms with Gasteiger partial charge in [0.15, 0.2) is 0 Å². The molecular formula is CH2N4O2S. The van der Waals surface area contributed by atoms with Gasteiger partial charge < -0.3 is 0 Å². The van der Waals surface area contributed by atoms with Crippen LogP contribution in [0.4, 0.5) is 0 Å². The van der Waals surface area contributed by atoms with Gasteiger partial charge >= 0.3 is 10.2 Å². The van der Waals surface area contributed by atoms with E-state index in [9.17, 15) is 8.42 Å². The lowest BCUT2D eigenvalue weighted by atomic mass is 11.4. The number of nitrogens with one attached hydrogen (secondary N) is 1. The van der Waals surface area contributed by atoms with Gasteiger partial charge in [0.2, 0.25) is 0 Å². The third-order valence-corrected chi connectivity index (χ3v) is 2.20. The summed E-state index contributed by atoms with van der Waals surface area (Å²) in [4.78, 5) is 0. The fourth-order valence-electron chi connectivity index (χ4n) is 0.503. The van der Waals surface area contributed by atoms with Gasteiger partial charge in [-0.05, 0) is 0 Å². The second kappa shape index (κ2) is 0.825. The summed E-state index contributed by atoms with van der Waals surface area (Å²) >= 11 is 0. The molecule has 8 heavy (non-hydrogen) atoms. The maximum atomic E-state index is 10.5. The highest BCUT2D eigenvalue weighted by Crippen LogP contribution is 2.18. The molecule has 7 heteroatoms. The summed E-state index contributed by atoms with van der Waals surface area (Å²) in [7, 11) is -3.19. The molecule has 3 heterocycles. The third-order valence-electron chi connectivity index (χ3n) is 0.913. The Kier molecular flexibility index (Phi) is 0.422. The maximum absolute atomic E-state index is 10.5. The Morgan fingerprint density at radius 1 is 1.62 bits per heavy atom. The zero-order chi connectivity index (χ0) is 5.78. The minimum absolute atomic E-state index is 0.785. The van der Waals surface area contributed by atoms with Gasteiger partial charge in [-0.15, -0.1) is 9.52 Å². The normalized spacial score (nSPS) is 28.5. The summed E-state index contributed by atoms with van der Waals surface area (Å²) in [5.41, 5.74) is 2.36. The molecule has 1 fully saturated rings. The molecule has 0 atom stereocenters. The zero-order valence-electron chi connectivity index (χ0n) is 3.64. The van der Waals surface area contributed by atoms with E-state index in [1.807, 2.05) is 0 Å². The summed E-state index contributed by atoms with van der Waals surface area (Å²) < 4.78 is 22.7. The van der Waals surface area contributed by atoms with Crippen LogP contribution in [0.1, 0.15) is 0 Å². The van der Waals surface area contributed by atoms with Crippen molar-refractivity contribution in [3.63, 3.8) is 0 Å². The fraction of sp³-hybridized carbons (Fsp3) is 0. The van der Waals surface area contributed by atoms with Crippen molar-refractivity contribution in [2.75, 3.05) is 0 Å². The van der Waals surface area contributed by atoms with Crippen molar-refractivity contribution >= 4 is 16.5 Å². The minimum Gasteiger partial charge on any atom is -0.178 e. The Morgan fingerprint density at radius 3 is 2.50 bits per heavy atom. The monoisotopic (exact) mass is 134 g/mol. The van der Waals surface area contributed by atoms with Crippen molar-refractivity contribution in [1.29, 1.82) is 0 Å². The van der Waals surface area contributed by atoms with Crippen LogP contribution in [0.15, 0.2) is 5.10 Å². The standard InChI is InChI=1S/CH2N4O2S/c6-8(7)4-1-2-5(8)3-4/h1,3H. The number of nitrogens with zero attached hydrogens (tertiary/aromatic N) is 3. The summed E-state index contributed by atoms with van der Waals surface area (Å²) in [5, 5.41) is 3.40. The molecule has 3 rings (SSSR count). The van der Waals surface area contributed by atoms with Crippen LogP contribution >= 0.6 is 0 Å². The van der Waals surface area contributed by atoms with Crippen LogP contribution in [0.25, 0.3) is 0 Å². The van der Waals surface area contributed by atoms with Gasteiger partial charge in [-0.2, -0.15) is 8.42 Å². The molecule has 0 unspecified atom stereocenters. The van der Waals surface area contributed by atoms with Gasteiger partial charge in [-0.25, -0.2) is 0 Å². The number of hydrogen-bond acceptors (Lipinski definition) is 4. The third kappa shape index (κ3) is 0.222. The molecule has 0 aromatic carbocycles. The second-order valence-corrected chi connectivity index (χ2v) is 3.01. The average Bonchev–Trinajstić information content (AvgIpc) is 2.18. The second-order valence-electron chi connectivity index (χ2n) is 1.38. The van der Waals surface area contributed by atoms with E-state index in [-0.39, 0.29) is 0 Å². The summed E-state index contributed by atoms with van der Waals surface area (Å²) in [6.07, 6.45) is 1.19. The van der Waals surface area contributed by atoms with Gasteiger partial charge in [0.25, 0.3) is 0 Å². The first-order valence-electron chi connectivity index (χ1n) is 1.86. The largest absolute Gasteiger partial charge is 0.373 e. The molecule has 0 aromatic heterocycles. The van der Waals surface area contributed by atoms with Crippen molar-refractivity contribution in [1.82, 2.24) is 14.5 Å². The highest BCUT2D eigenvalue weighted by atomic mass is 32.2. The number of hydrazone groups is 1. The lowest BCUT2D eigenvalue weighted by molar-refractivity contribution is 0.185. The molecule has 6 nitrogen and oxygen atoms in total. The van der Waals surface area contributed by atoms with Crippen LogP contribution in [-0.4, -0.2) is 23.7 Å². The lowest BCUT2D eigenvalue weighted by Gasteiger charge is -2.28. The molecule has 0 aliphatic carbocycles. The van der Waals surface area contributed by atoms with Gasteiger partial charge in [0, 0.05) is 0 Å². The molecule has 2 bridgehead atoms. The number of hydrogen-bond donors (Lipinski definition) is 1. The van der Waals surface area contributed by atoms with Gasteiger partial charge in [-0.3, -0.25) is 0 Å². The van der Waals surface area contributed by atoms with Crippen LogP contribution in [0.3, 0.4) is 0 Å². The molecule has 3 aliphatic heterocycles. The predicted molar refractivity (Wildman–Crippen MR) is 24.2 cm³/mol. The Bertz CT molecular complexity index is 223. The number of hydrazine groups is 2. The summed E-state index contributed by atoms with van der Waals surface area (Å²) in [6, 6.07) is 0. The van der Waals surface area contributed by atoms with E-state index < -0.39 is 10.2 Å². The lowest BCUT2D eigenvalue weighted by Crippen LogP contribution is -2.61. The van der Waals surface area contributed by atoms with E-state index in [1.54, 1.807) is 0 Å². The van der Waals surface area contributed by atoms with Crippen molar-refractivity contribution < 1.29 is 8.42 Å². The maximum Gasteiger partial charge on any atom is 0.373 e. The Balaban J connectivity index is 2.58. The van der Waals surface area contributed by atoms with Crippen molar-refractivity contribution in [3.8, 4) is 0 Å². The zero-order valence-corrected chi connectivity index (χ0v) is 4.46. The van der Waals surface area contributed by atoms with Gasteiger partial charge in [0.05, 0.1) is 0 Å². The highest BCUT2D eigenvalue weighted by Gasteiger charge is 2.45. The predicted octanol–water partition coefficient (Wildman–Crippen LogP) is -1.77. The molecule has 0 aromatic rings. The number of rotatable bonds is 0. The Morgan fingerprint density at radius 2 is 2.38 bits per heavy atom. The first kappa shape index (κ1) is 4.10. The SMILES string of the molecule is O=S1(=O)N2C=NN1N2. The first-order chi connectivity index (χ1) is 3.71. The van der Waals surface area contributed by atoms with E-state index in [1.165, 1.54) is 6.34 Å². The Labute approximate surface area is 45.5 Å². The molecular weight excluding hydrogens is 132 g/mol. The molecule has 0 amide bonds. The van der Waals surface area contributed by atoms with E-state index in [4.69, 9.17) is 0 Å². The van der Waals surface area contributed by atoms with Gasteiger partial charge in [-0.1, -0.05) is 10.1 Å². The van der Waals surface area contributed by atoms with Crippen LogP contribution in [0.2, 0.25) is 0 Å². The fourth-order valence-corrected chi connectivity index (χ4v) is 1.25. The van der Waals surface area contributed by atoms with Crippen LogP contribution in [0, 0.1) is 0 Å². The topological polar surface area (TPSA) is 65.0 Å². The van der Waals surface area contributed by atoms with Gasteiger partial charge in [0.1, 0.15) is 6.34 Å². The van der Waals surface area contributed by atoms with E-state index in [2.05, 4.69) is 10.6 Å². The molecule has 44 valence electrons. The van der Waals surface area contributed by atoms with Crippen molar-refractivity contribution in [2.45, 2.75) is 0 Å². The average molecular weight is 134 g/mol.